The van der Waals surface area contributed by atoms with Crippen LogP contribution < -0.4 is 20.5 Å². The van der Waals surface area contributed by atoms with Gasteiger partial charge < -0.3 is 15.1 Å². The van der Waals surface area contributed by atoms with Gasteiger partial charge in [0.05, 0.1) is 39.3 Å². The van der Waals surface area contributed by atoms with E-state index in [1.807, 2.05) is 30.1 Å². The third-order valence-electron chi connectivity index (χ3n) is 5.14. The molecule has 0 bridgehead atoms. The second kappa shape index (κ2) is 7.41. The quantitative estimate of drug-likeness (QED) is 0.688. The number of benzene rings is 1. The highest BCUT2D eigenvalue weighted by Crippen LogP contribution is 2.24. The van der Waals surface area contributed by atoms with Gasteiger partial charge in [0.1, 0.15) is 0 Å². The lowest BCUT2D eigenvalue weighted by molar-refractivity contribution is -0.884. The highest BCUT2D eigenvalue weighted by molar-refractivity contribution is 5.96. The maximum absolute atomic E-state index is 12.3. The Labute approximate surface area is 148 Å². The molecule has 2 heterocycles. The molecule has 1 aromatic rings. The Balaban J connectivity index is 1.53. The van der Waals surface area contributed by atoms with E-state index in [0.29, 0.717) is 13.0 Å². The Hall–Kier alpha value is -2.12. The molecule has 2 fully saturated rings. The molecule has 0 spiro atoms. The summed E-state index contributed by atoms with van der Waals surface area (Å²) in [5.41, 5.74) is 6.17. The summed E-state index contributed by atoms with van der Waals surface area (Å²) in [6.45, 7) is 8.34. The highest BCUT2D eigenvalue weighted by Gasteiger charge is 2.32. The van der Waals surface area contributed by atoms with Crippen molar-refractivity contribution in [3.63, 3.8) is 0 Å². The molecule has 7 heteroatoms. The fourth-order valence-electron chi connectivity index (χ4n) is 3.31. The number of quaternary nitrogens is 1. The van der Waals surface area contributed by atoms with E-state index in [1.54, 1.807) is 4.90 Å². The molecule has 1 atom stereocenters. The molecule has 3 N–H and O–H groups in total. The number of rotatable bonds is 3. The zero-order valence-electron chi connectivity index (χ0n) is 15.3. The van der Waals surface area contributed by atoms with Crippen molar-refractivity contribution in [1.29, 1.82) is 0 Å². The predicted molar refractivity (Wildman–Crippen MR) is 96.5 cm³/mol. The van der Waals surface area contributed by atoms with Crippen molar-refractivity contribution < 1.29 is 14.5 Å². The Morgan fingerprint density at radius 1 is 1.20 bits per heavy atom. The number of anilines is 1. The van der Waals surface area contributed by atoms with Gasteiger partial charge in [0.25, 0.3) is 0 Å². The topological polar surface area (TPSA) is 69.1 Å². The SMILES string of the molecule is Cc1ccc(N2C[C@H](NC(=O)NN3CC[NH+](C)CC3)CC2=O)cc1C. The first-order valence-corrected chi connectivity index (χ1v) is 8.93. The first-order valence-electron chi connectivity index (χ1n) is 8.93. The van der Waals surface area contributed by atoms with Gasteiger partial charge in [0.15, 0.2) is 0 Å². The van der Waals surface area contributed by atoms with Crippen molar-refractivity contribution in [1.82, 2.24) is 15.8 Å². The number of amides is 3. The van der Waals surface area contributed by atoms with E-state index in [4.69, 9.17) is 0 Å². The molecule has 2 saturated heterocycles. The third-order valence-corrected chi connectivity index (χ3v) is 5.14. The number of carbonyl (C=O) groups excluding carboxylic acids is 2. The zero-order valence-corrected chi connectivity index (χ0v) is 15.3. The van der Waals surface area contributed by atoms with Crippen molar-refractivity contribution >= 4 is 17.6 Å². The Morgan fingerprint density at radius 2 is 1.92 bits per heavy atom. The van der Waals surface area contributed by atoms with Crippen LogP contribution in [-0.2, 0) is 4.79 Å². The maximum Gasteiger partial charge on any atom is 0.329 e. The summed E-state index contributed by atoms with van der Waals surface area (Å²) in [6, 6.07) is 5.64. The molecule has 7 nitrogen and oxygen atoms in total. The normalized spacial score (nSPS) is 22.3. The monoisotopic (exact) mass is 346 g/mol. The lowest BCUT2D eigenvalue weighted by atomic mass is 10.1. The molecule has 0 saturated carbocycles. The Kier molecular flexibility index (Phi) is 5.24. The molecule has 0 radical (unpaired) electrons. The van der Waals surface area contributed by atoms with Gasteiger partial charge in [0.2, 0.25) is 5.91 Å². The fraction of sp³-hybridized carbons (Fsp3) is 0.556. The van der Waals surface area contributed by atoms with E-state index >= 15 is 0 Å². The largest absolute Gasteiger partial charge is 0.335 e. The van der Waals surface area contributed by atoms with Crippen LogP contribution in [0.5, 0.6) is 0 Å². The minimum atomic E-state index is -0.223. The van der Waals surface area contributed by atoms with E-state index in [9.17, 15) is 9.59 Å². The van der Waals surface area contributed by atoms with Crippen molar-refractivity contribution in [3.05, 3.63) is 29.3 Å². The average molecular weight is 346 g/mol. The van der Waals surface area contributed by atoms with Crippen LogP contribution in [0, 0.1) is 13.8 Å². The van der Waals surface area contributed by atoms with Crippen LogP contribution in [0.1, 0.15) is 17.5 Å². The van der Waals surface area contributed by atoms with Crippen LogP contribution >= 0.6 is 0 Å². The molecule has 0 aromatic heterocycles. The summed E-state index contributed by atoms with van der Waals surface area (Å²) in [4.78, 5) is 27.8. The molecule has 25 heavy (non-hydrogen) atoms. The van der Waals surface area contributed by atoms with Gasteiger partial charge in [-0.3, -0.25) is 10.2 Å². The van der Waals surface area contributed by atoms with Crippen molar-refractivity contribution in [2.45, 2.75) is 26.3 Å². The van der Waals surface area contributed by atoms with Gasteiger partial charge >= 0.3 is 6.03 Å². The summed E-state index contributed by atoms with van der Waals surface area (Å²) >= 11 is 0. The average Bonchev–Trinajstić information content (AvgIpc) is 2.92. The van der Waals surface area contributed by atoms with Crippen LogP contribution in [0.3, 0.4) is 0 Å². The van der Waals surface area contributed by atoms with Crippen molar-refractivity contribution in [2.24, 2.45) is 0 Å². The number of nitrogens with one attached hydrogen (secondary N) is 3. The molecule has 0 unspecified atom stereocenters. The van der Waals surface area contributed by atoms with Crippen molar-refractivity contribution in [2.75, 3.05) is 44.7 Å². The van der Waals surface area contributed by atoms with Gasteiger partial charge in [-0.2, -0.15) is 0 Å². The Bertz CT molecular complexity index is 655. The van der Waals surface area contributed by atoms with Crippen LogP contribution in [-0.4, -0.2) is 62.8 Å². The highest BCUT2D eigenvalue weighted by atomic mass is 16.2. The number of nitrogens with zero attached hydrogens (tertiary/aromatic N) is 2. The van der Waals surface area contributed by atoms with Crippen LogP contribution in [0.4, 0.5) is 10.5 Å². The smallest absolute Gasteiger partial charge is 0.329 e. The zero-order chi connectivity index (χ0) is 18.0. The standard InChI is InChI=1S/C18H27N5O2/c1-13-4-5-16(10-14(13)2)23-12-15(11-17(23)24)19-18(25)20-22-8-6-21(3)7-9-22/h4-5,10,15H,6-9,11-12H2,1-3H3,(H2,19,20,25)/p+1/t15-/m1/s1. The van der Waals surface area contributed by atoms with Crippen LogP contribution in [0.25, 0.3) is 0 Å². The predicted octanol–water partition coefficient (Wildman–Crippen LogP) is -0.547. The third kappa shape index (κ3) is 4.29. The molecule has 0 aliphatic carbocycles. The van der Waals surface area contributed by atoms with Crippen molar-refractivity contribution in [3.8, 4) is 0 Å². The molecule has 136 valence electrons. The molecule has 3 amide bonds. The first-order chi connectivity index (χ1) is 11.9. The van der Waals surface area contributed by atoms with Gasteiger partial charge in [-0.05, 0) is 37.1 Å². The summed E-state index contributed by atoms with van der Waals surface area (Å²) in [6.07, 6.45) is 0.341. The second-order valence-electron chi connectivity index (χ2n) is 7.20. The molecule has 1 aromatic carbocycles. The molecule has 2 aliphatic rings. The first kappa shape index (κ1) is 17.7. The Morgan fingerprint density at radius 3 is 2.60 bits per heavy atom. The molecular weight excluding hydrogens is 318 g/mol. The number of hydrogen-bond donors (Lipinski definition) is 3. The summed E-state index contributed by atoms with van der Waals surface area (Å²) < 4.78 is 0. The fourth-order valence-corrected chi connectivity index (χ4v) is 3.31. The van der Waals surface area contributed by atoms with E-state index in [2.05, 4.69) is 24.7 Å². The van der Waals surface area contributed by atoms with E-state index in [1.165, 1.54) is 10.5 Å². The molecule has 2 aliphatic heterocycles. The number of urea groups is 1. The molecular formula is C18H28N5O2+. The number of piperazine rings is 1. The number of hydrazine groups is 1. The summed E-state index contributed by atoms with van der Waals surface area (Å²) in [5, 5.41) is 4.88. The van der Waals surface area contributed by atoms with Gasteiger partial charge in [-0.25, -0.2) is 9.80 Å². The minimum absolute atomic E-state index is 0.0525. The van der Waals surface area contributed by atoms with Gasteiger partial charge in [0, 0.05) is 18.7 Å². The number of likely N-dealkylation sites (N-methyl/N-ethyl adjacent to an activating group) is 1. The van der Waals surface area contributed by atoms with Gasteiger partial charge in [-0.15, -0.1) is 0 Å². The van der Waals surface area contributed by atoms with Gasteiger partial charge in [-0.1, -0.05) is 6.07 Å². The number of carbonyl (C=O) groups is 2. The van der Waals surface area contributed by atoms with Crippen LogP contribution in [0.15, 0.2) is 18.2 Å². The lowest BCUT2D eigenvalue weighted by Crippen LogP contribution is -3.12. The second-order valence-corrected chi connectivity index (χ2v) is 7.20. The van der Waals surface area contributed by atoms with Crippen LogP contribution in [0.2, 0.25) is 0 Å². The number of hydrogen-bond acceptors (Lipinski definition) is 3. The lowest BCUT2D eigenvalue weighted by Gasteiger charge is -2.30. The summed E-state index contributed by atoms with van der Waals surface area (Å²) in [7, 11) is 2.16. The van der Waals surface area contributed by atoms with E-state index < -0.39 is 0 Å². The van der Waals surface area contributed by atoms with E-state index in [-0.39, 0.29) is 18.0 Å². The number of aryl methyl sites for hydroxylation is 2. The maximum atomic E-state index is 12.3. The summed E-state index contributed by atoms with van der Waals surface area (Å²) in [5.74, 6) is 0.0525. The van der Waals surface area contributed by atoms with E-state index in [0.717, 1.165) is 37.4 Å². The molecule has 3 rings (SSSR count). The minimum Gasteiger partial charge on any atom is -0.335 e.